The van der Waals surface area contributed by atoms with E-state index >= 15 is 0 Å². The second-order valence-electron chi connectivity index (χ2n) is 3.68. The topological polar surface area (TPSA) is 52.5 Å². The zero-order valence-corrected chi connectivity index (χ0v) is 10.6. The molecule has 4 heteroatoms. The number of rotatable bonds is 1. The zero-order chi connectivity index (χ0) is 11.7. The number of aromatic amines is 1. The predicted molar refractivity (Wildman–Crippen MR) is 65.9 cm³/mol. The molecule has 1 aromatic heterocycles. The quantitative estimate of drug-likeness (QED) is 0.868. The first kappa shape index (κ1) is 10.9. The van der Waals surface area contributed by atoms with Gasteiger partial charge in [0.25, 0.3) is 0 Å². The van der Waals surface area contributed by atoms with Gasteiger partial charge in [0.05, 0.1) is 0 Å². The Morgan fingerprint density at radius 1 is 1.38 bits per heavy atom. The molecule has 0 amide bonds. The summed E-state index contributed by atoms with van der Waals surface area (Å²) < 4.78 is 0.630. The van der Waals surface area contributed by atoms with Crippen molar-refractivity contribution in [3.8, 4) is 17.5 Å². The number of imidazole rings is 1. The fraction of sp³-hybridized carbons (Fsp3) is 0.167. The van der Waals surface area contributed by atoms with Crippen LogP contribution in [0.25, 0.3) is 11.4 Å². The molecule has 0 radical (unpaired) electrons. The molecule has 1 N–H and O–H groups in total. The number of nitriles is 1. The Kier molecular flexibility index (Phi) is 2.80. The van der Waals surface area contributed by atoms with E-state index in [0.29, 0.717) is 10.3 Å². The Balaban J connectivity index is 2.59. The van der Waals surface area contributed by atoms with Crippen molar-refractivity contribution in [1.29, 1.82) is 5.26 Å². The Morgan fingerprint density at radius 3 is 2.75 bits per heavy atom. The molecule has 2 rings (SSSR count). The maximum atomic E-state index is 8.84. The van der Waals surface area contributed by atoms with Crippen LogP contribution in [0.4, 0.5) is 0 Å². The molecule has 0 aliphatic heterocycles. The van der Waals surface area contributed by atoms with Gasteiger partial charge < -0.3 is 4.98 Å². The average Bonchev–Trinajstić information content (AvgIpc) is 2.63. The summed E-state index contributed by atoms with van der Waals surface area (Å²) in [4.78, 5) is 7.30. The van der Waals surface area contributed by atoms with Crippen molar-refractivity contribution in [3.05, 3.63) is 39.6 Å². The monoisotopic (exact) mass is 275 g/mol. The largest absolute Gasteiger partial charge is 0.332 e. The number of hydrogen-bond donors (Lipinski definition) is 1. The van der Waals surface area contributed by atoms with Crippen molar-refractivity contribution in [3.63, 3.8) is 0 Å². The van der Waals surface area contributed by atoms with Crippen LogP contribution in [0.15, 0.2) is 22.8 Å². The molecule has 1 heterocycles. The number of halogens is 1. The molecular formula is C12H10BrN3. The van der Waals surface area contributed by atoms with Gasteiger partial charge in [-0.3, -0.25) is 0 Å². The molecule has 0 fully saturated rings. The van der Waals surface area contributed by atoms with Crippen molar-refractivity contribution in [2.45, 2.75) is 13.8 Å². The molecule has 0 bridgehead atoms. The fourth-order valence-corrected chi connectivity index (χ4v) is 1.91. The van der Waals surface area contributed by atoms with Gasteiger partial charge in [-0.2, -0.15) is 5.26 Å². The van der Waals surface area contributed by atoms with E-state index in [-0.39, 0.29) is 0 Å². The second-order valence-corrected chi connectivity index (χ2v) is 4.47. The zero-order valence-electron chi connectivity index (χ0n) is 9.00. The van der Waals surface area contributed by atoms with Crippen LogP contribution in [0.1, 0.15) is 16.8 Å². The molecule has 16 heavy (non-hydrogen) atoms. The fourth-order valence-electron chi connectivity index (χ4n) is 1.54. The summed E-state index contributed by atoms with van der Waals surface area (Å²) in [6, 6.07) is 8.19. The maximum absolute atomic E-state index is 8.84. The van der Waals surface area contributed by atoms with Crippen LogP contribution < -0.4 is 0 Å². The highest BCUT2D eigenvalue weighted by Crippen LogP contribution is 2.25. The summed E-state index contributed by atoms with van der Waals surface area (Å²) in [5.41, 5.74) is 3.72. The minimum Gasteiger partial charge on any atom is -0.332 e. The minimum absolute atomic E-state index is 0.385. The van der Waals surface area contributed by atoms with E-state index in [4.69, 9.17) is 5.26 Å². The van der Waals surface area contributed by atoms with Gasteiger partial charge in [0.2, 0.25) is 0 Å². The van der Waals surface area contributed by atoms with Gasteiger partial charge in [-0.15, -0.1) is 0 Å². The normalized spacial score (nSPS) is 10.1. The molecule has 0 saturated heterocycles. The Hall–Kier alpha value is -1.60. The van der Waals surface area contributed by atoms with Gasteiger partial charge >= 0.3 is 0 Å². The number of nitrogens with one attached hydrogen (secondary N) is 1. The molecule has 0 aliphatic rings. The first-order valence-electron chi connectivity index (χ1n) is 4.85. The third-order valence-corrected chi connectivity index (χ3v) is 2.99. The SMILES string of the molecule is Cc1ccc(C)c(-c2nc(C#N)c(Br)[nH]2)c1. The molecule has 2 aromatic rings. The number of H-pyrrole nitrogens is 1. The molecule has 3 nitrogen and oxygen atoms in total. The van der Waals surface area contributed by atoms with Gasteiger partial charge in [0, 0.05) is 5.56 Å². The number of hydrogen-bond acceptors (Lipinski definition) is 2. The number of nitrogens with zero attached hydrogens (tertiary/aromatic N) is 2. The van der Waals surface area contributed by atoms with E-state index in [1.165, 1.54) is 5.56 Å². The molecule has 0 aliphatic carbocycles. The van der Waals surface area contributed by atoms with E-state index in [1.54, 1.807) is 0 Å². The van der Waals surface area contributed by atoms with E-state index in [0.717, 1.165) is 17.0 Å². The smallest absolute Gasteiger partial charge is 0.173 e. The van der Waals surface area contributed by atoms with Gasteiger partial charge in [-0.05, 0) is 41.4 Å². The molecule has 0 atom stereocenters. The van der Waals surface area contributed by atoms with Gasteiger partial charge in [0.15, 0.2) is 5.69 Å². The minimum atomic E-state index is 0.385. The summed E-state index contributed by atoms with van der Waals surface area (Å²) in [5.74, 6) is 0.727. The van der Waals surface area contributed by atoms with E-state index < -0.39 is 0 Å². The molecule has 0 spiro atoms. The number of aryl methyl sites for hydroxylation is 2. The van der Waals surface area contributed by atoms with E-state index in [1.807, 2.05) is 26.0 Å². The summed E-state index contributed by atoms with van der Waals surface area (Å²) in [7, 11) is 0. The summed E-state index contributed by atoms with van der Waals surface area (Å²) >= 11 is 3.28. The van der Waals surface area contributed by atoms with Crippen LogP contribution in [0.2, 0.25) is 0 Å². The standard InChI is InChI=1S/C12H10BrN3/c1-7-3-4-8(2)9(5-7)12-15-10(6-14)11(13)16-12/h3-5H,1-2H3,(H,15,16). The average molecular weight is 276 g/mol. The molecule has 0 unspecified atom stereocenters. The van der Waals surface area contributed by atoms with Crippen LogP contribution in [0, 0.1) is 25.2 Å². The van der Waals surface area contributed by atoms with Crippen LogP contribution in [-0.2, 0) is 0 Å². The third kappa shape index (κ3) is 1.86. The highest BCUT2D eigenvalue weighted by atomic mass is 79.9. The van der Waals surface area contributed by atoms with Crippen molar-refractivity contribution in [2.24, 2.45) is 0 Å². The van der Waals surface area contributed by atoms with Gasteiger partial charge in [-0.25, -0.2) is 4.98 Å². The van der Waals surface area contributed by atoms with Crippen LogP contribution in [0.3, 0.4) is 0 Å². The van der Waals surface area contributed by atoms with Crippen LogP contribution in [0.5, 0.6) is 0 Å². The highest BCUT2D eigenvalue weighted by molar-refractivity contribution is 9.10. The molecule has 80 valence electrons. The Bertz CT molecular complexity index is 578. The van der Waals surface area contributed by atoms with E-state index in [9.17, 15) is 0 Å². The predicted octanol–water partition coefficient (Wildman–Crippen LogP) is 3.33. The van der Waals surface area contributed by atoms with Crippen LogP contribution in [-0.4, -0.2) is 9.97 Å². The molecular weight excluding hydrogens is 266 g/mol. The Labute approximate surface area is 102 Å². The summed E-state index contributed by atoms with van der Waals surface area (Å²) in [6.07, 6.45) is 0. The van der Waals surface area contributed by atoms with E-state index in [2.05, 4.69) is 38.0 Å². The first-order chi connectivity index (χ1) is 7.61. The van der Waals surface area contributed by atoms with Crippen molar-refractivity contribution in [2.75, 3.05) is 0 Å². The lowest BCUT2D eigenvalue weighted by atomic mass is 10.1. The molecule has 0 saturated carbocycles. The Morgan fingerprint density at radius 2 is 2.12 bits per heavy atom. The van der Waals surface area contributed by atoms with Crippen molar-refractivity contribution in [1.82, 2.24) is 9.97 Å². The lowest BCUT2D eigenvalue weighted by Gasteiger charge is -2.03. The first-order valence-corrected chi connectivity index (χ1v) is 5.64. The van der Waals surface area contributed by atoms with Crippen molar-refractivity contribution < 1.29 is 0 Å². The van der Waals surface area contributed by atoms with Crippen LogP contribution >= 0.6 is 15.9 Å². The number of benzene rings is 1. The summed E-state index contributed by atoms with van der Waals surface area (Å²) in [5, 5.41) is 8.84. The second kappa shape index (κ2) is 4.11. The number of aromatic nitrogens is 2. The lowest BCUT2D eigenvalue weighted by Crippen LogP contribution is -1.87. The third-order valence-electron chi connectivity index (χ3n) is 2.41. The van der Waals surface area contributed by atoms with Gasteiger partial charge in [-0.1, -0.05) is 17.7 Å². The summed E-state index contributed by atoms with van der Waals surface area (Å²) in [6.45, 7) is 4.06. The van der Waals surface area contributed by atoms with Gasteiger partial charge in [0.1, 0.15) is 16.5 Å². The molecule has 1 aromatic carbocycles. The lowest BCUT2D eigenvalue weighted by molar-refractivity contribution is 1.26. The van der Waals surface area contributed by atoms with Crippen molar-refractivity contribution >= 4 is 15.9 Å². The highest BCUT2D eigenvalue weighted by Gasteiger charge is 2.10. The maximum Gasteiger partial charge on any atom is 0.173 e.